The topological polar surface area (TPSA) is 41.5 Å². The highest BCUT2D eigenvalue weighted by molar-refractivity contribution is 6.30. The van der Waals surface area contributed by atoms with Crippen LogP contribution in [0.15, 0.2) is 47.6 Å². The number of benzene rings is 2. The maximum atomic E-state index is 12.6. The summed E-state index contributed by atoms with van der Waals surface area (Å²) in [6.45, 7) is 0. The highest BCUT2D eigenvalue weighted by Crippen LogP contribution is 2.36. The zero-order chi connectivity index (χ0) is 14.8. The summed E-state index contributed by atoms with van der Waals surface area (Å²) in [6, 6.07) is 8.98. The molecule has 0 saturated heterocycles. The Morgan fingerprint density at radius 2 is 1.70 bits per heavy atom. The molecule has 0 heterocycles. The highest BCUT2D eigenvalue weighted by Gasteiger charge is 2.31. The van der Waals surface area contributed by atoms with Gasteiger partial charge in [0.15, 0.2) is 0 Å². The van der Waals surface area contributed by atoms with Gasteiger partial charge < -0.3 is 5.32 Å². The first-order chi connectivity index (χ1) is 9.40. The van der Waals surface area contributed by atoms with Crippen molar-refractivity contribution in [2.45, 2.75) is 6.18 Å². The van der Waals surface area contributed by atoms with Gasteiger partial charge in [-0.3, -0.25) is 0 Å². The molecule has 0 fully saturated rings. The molecule has 2 rings (SSSR count). The van der Waals surface area contributed by atoms with Crippen molar-refractivity contribution in [2.24, 2.45) is 5.18 Å². The number of rotatable bonds is 3. The number of halogens is 4. The number of alkyl halides is 3. The van der Waals surface area contributed by atoms with Crippen molar-refractivity contribution in [2.75, 3.05) is 5.32 Å². The summed E-state index contributed by atoms with van der Waals surface area (Å²) in [5.41, 5.74) is -0.481. The van der Waals surface area contributed by atoms with Crippen LogP contribution in [0.5, 0.6) is 0 Å². The zero-order valence-electron chi connectivity index (χ0n) is 9.91. The van der Waals surface area contributed by atoms with E-state index in [1.165, 1.54) is 0 Å². The lowest BCUT2D eigenvalue weighted by Gasteiger charge is -2.12. The van der Waals surface area contributed by atoms with Crippen LogP contribution in [0.2, 0.25) is 5.02 Å². The third-order valence-corrected chi connectivity index (χ3v) is 2.80. The SMILES string of the molecule is O=Nc1ccc(C(F)(F)F)cc1Nc1ccc(Cl)cc1. The second-order valence-electron chi connectivity index (χ2n) is 3.95. The summed E-state index contributed by atoms with van der Waals surface area (Å²) in [5, 5.41) is 5.91. The van der Waals surface area contributed by atoms with E-state index in [-0.39, 0.29) is 11.4 Å². The minimum Gasteiger partial charge on any atom is -0.354 e. The zero-order valence-corrected chi connectivity index (χ0v) is 10.7. The normalized spacial score (nSPS) is 11.2. The Balaban J connectivity index is 2.38. The summed E-state index contributed by atoms with van der Waals surface area (Å²) >= 11 is 5.71. The van der Waals surface area contributed by atoms with Gasteiger partial charge in [0.25, 0.3) is 0 Å². The van der Waals surface area contributed by atoms with Gasteiger partial charge in [-0.15, -0.1) is 4.91 Å². The molecule has 0 spiro atoms. The molecule has 0 amide bonds. The molecule has 1 N–H and O–H groups in total. The fourth-order valence-electron chi connectivity index (χ4n) is 1.58. The summed E-state index contributed by atoms with van der Waals surface area (Å²) < 4.78 is 37.9. The van der Waals surface area contributed by atoms with Gasteiger partial charge in [-0.1, -0.05) is 11.6 Å². The van der Waals surface area contributed by atoms with Gasteiger partial charge >= 0.3 is 6.18 Å². The van der Waals surface area contributed by atoms with E-state index in [2.05, 4.69) is 10.5 Å². The van der Waals surface area contributed by atoms with E-state index in [0.29, 0.717) is 10.7 Å². The van der Waals surface area contributed by atoms with Crippen molar-refractivity contribution in [3.8, 4) is 0 Å². The van der Waals surface area contributed by atoms with Gasteiger partial charge in [0, 0.05) is 10.7 Å². The van der Waals surface area contributed by atoms with Gasteiger partial charge in [0.1, 0.15) is 5.69 Å². The molecule has 0 aromatic heterocycles. The molecule has 104 valence electrons. The van der Waals surface area contributed by atoms with Gasteiger partial charge in [-0.2, -0.15) is 13.2 Å². The van der Waals surface area contributed by atoms with E-state index in [1.54, 1.807) is 24.3 Å². The molecule has 0 radical (unpaired) electrons. The molecule has 0 unspecified atom stereocenters. The molecule has 3 nitrogen and oxygen atoms in total. The van der Waals surface area contributed by atoms with Crippen LogP contribution in [0.3, 0.4) is 0 Å². The Morgan fingerprint density at radius 1 is 1.05 bits per heavy atom. The predicted octanol–water partition coefficient (Wildman–Crippen LogP) is 5.50. The summed E-state index contributed by atoms with van der Waals surface area (Å²) in [5.74, 6) is 0. The van der Waals surface area contributed by atoms with Crippen molar-refractivity contribution >= 4 is 28.7 Å². The van der Waals surface area contributed by atoms with Gasteiger partial charge in [-0.05, 0) is 47.6 Å². The van der Waals surface area contributed by atoms with Crippen molar-refractivity contribution < 1.29 is 13.2 Å². The number of nitrogens with one attached hydrogen (secondary N) is 1. The van der Waals surface area contributed by atoms with Crippen LogP contribution in [0.25, 0.3) is 0 Å². The smallest absolute Gasteiger partial charge is 0.354 e. The maximum absolute atomic E-state index is 12.6. The second-order valence-corrected chi connectivity index (χ2v) is 4.39. The Morgan fingerprint density at radius 3 is 2.25 bits per heavy atom. The number of nitroso groups, excluding NO2 is 1. The third kappa shape index (κ3) is 3.27. The second kappa shape index (κ2) is 5.50. The molecule has 0 saturated carbocycles. The lowest BCUT2D eigenvalue weighted by atomic mass is 10.1. The van der Waals surface area contributed by atoms with Crippen molar-refractivity contribution in [1.82, 2.24) is 0 Å². The molecule has 7 heteroatoms. The molecule has 0 bridgehead atoms. The fraction of sp³-hybridized carbons (Fsp3) is 0.0769. The van der Waals surface area contributed by atoms with Crippen LogP contribution in [-0.4, -0.2) is 0 Å². The lowest BCUT2D eigenvalue weighted by molar-refractivity contribution is -0.137. The van der Waals surface area contributed by atoms with Crippen LogP contribution in [0.1, 0.15) is 5.56 Å². The molecule has 0 atom stereocenters. The Kier molecular flexibility index (Phi) is 3.94. The molecule has 20 heavy (non-hydrogen) atoms. The van der Waals surface area contributed by atoms with Crippen LogP contribution in [-0.2, 0) is 6.18 Å². The Labute approximate surface area is 117 Å². The number of nitrogens with zero attached hydrogens (tertiary/aromatic N) is 1. The quantitative estimate of drug-likeness (QED) is 0.760. The van der Waals surface area contributed by atoms with E-state index in [4.69, 9.17) is 11.6 Å². The molecular weight excluding hydrogens is 293 g/mol. The summed E-state index contributed by atoms with van der Waals surface area (Å²) in [6.07, 6.45) is -4.49. The Bertz CT molecular complexity index is 627. The Hall–Kier alpha value is -2.08. The number of hydrogen-bond donors (Lipinski definition) is 1. The average Bonchev–Trinajstić information content (AvgIpc) is 2.40. The molecule has 0 aliphatic heterocycles. The van der Waals surface area contributed by atoms with Crippen molar-refractivity contribution in [3.63, 3.8) is 0 Å². The largest absolute Gasteiger partial charge is 0.416 e. The van der Waals surface area contributed by atoms with E-state index in [9.17, 15) is 18.1 Å². The van der Waals surface area contributed by atoms with Crippen LogP contribution in [0.4, 0.5) is 30.2 Å². The first-order valence-corrected chi connectivity index (χ1v) is 5.85. The number of anilines is 2. The molecule has 0 aliphatic carbocycles. The minimum atomic E-state index is -4.49. The predicted molar refractivity (Wildman–Crippen MR) is 71.6 cm³/mol. The van der Waals surface area contributed by atoms with Gasteiger partial charge in [0.2, 0.25) is 0 Å². The van der Waals surface area contributed by atoms with Crippen molar-refractivity contribution in [3.05, 3.63) is 58.0 Å². The first-order valence-electron chi connectivity index (χ1n) is 5.47. The van der Waals surface area contributed by atoms with Crippen LogP contribution in [0, 0.1) is 4.91 Å². The maximum Gasteiger partial charge on any atom is 0.416 e. The lowest BCUT2D eigenvalue weighted by Crippen LogP contribution is -2.05. The average molecular weight is 301 g/mol. The summed E-state index contributed by atoms with van der Waals surface area (Å²) in [4.78, 5) is 10.6. The molecule has 2 aromatic rings. The fourth-order valence-corrected chi connectivity index (χ4v) is 1.71. The van der Waals surface area contributed by atoms with E-state index >= 15 is 0 Å². The first kappa shape index (κ1) is 14.3. The van der Waals surface area contributed by atoms with E-state index < -0.39 is 11.7 Å². The standard InChI is InChI=1S/C13H8ClF3N2O/c14-9-2-4-10(5-3-9)18-12-7-8(13(15,16)17)1-6-11(12)19-20/h1-7,18H. The minimum absolute atomic E-state index is 0.0165. The third-order valence-electron chi connectivity index (χ3n) is 2.55. The van der Waals surface area contributed by atoms with E-state index in [1.807, 2.05) is 0 Å². The van der Waals surface area contributed by atoms with E-state index in [0.717, 1.165) is 18.2 Å². The van der Waals surface area contributed by atoms with Crippen molar-refractivity contribution in [1.29, 1.82) is 0 Å². The molecule has 2 aromatic carbocycles. The molecule has 0 aliphatic rings. The molecular formula is C13H8ClF3N2O. The van der Waals surface area contributed by atoms with Gasteiger partial charge in [0.05, 0.1) is 11.3 Å². The van der Waals surface area contributed by atoms with Crippen LogP contribution < -0.4 is 5.32 Å². The van der Waals surface area contributed by atoms with Gasteiger partial charge in [-0.25, -0.2) is 0 Å². The highest BCUT2D eigenvalue weighted by atomic mass is 35.5. The van der Waals surface area contributed by atoms with Crippen LogP contribution >= 0.6 is 11.6 Å². The summed E-state index contributed by atoms with van der Waals surface area (Å²) in [7, 11) is 0. The number of hydrogen-bond acceptors (Lipinski definition) is 3. The monoisotopic (exact) mass is 300 g/mol.